The van der Waals surface area contributed by atoms with Gasteiger partial charge in [-0.1, -0.05) is 11.6 Å². The van der Waals surface area contributed by atoms with Gasteiger partial charge in [-0.25, -0.2) is 0 Å². The van der Waals surface area contributed by atoms with E-state index in [4.69, 9.17) is 11.6 Å². The van der Waals surface area contributed by atoms with E-state index in [0.717, 1.165) is 6.07 Å². The van der Waals surface area contributed by atoms with E-state index in [1.807, 2.05) is 0 Å². The van der Waals surface area contributed by atoms with E-state index < -0.39 is 23.3 Å². The van der Waals surface area contributed by atoms with Crippen molar-refractivity contribution < 1.29 is 41.7 Å². The molecule has 5 nitrogen and oxygen atoms in total. The summed E-state index contributed by atoms with van der Waals surface area (Å²) in [6.45, 7) is 1.67. The Kier molecular flexibility index (Phi) is 5.63. The standard InChI is InChI=1S/C18H13ClF5NO4S/c1-8-10(5-15(27)28)11-4-14(26)12(19)6-13(11)25(8)7-9-2-3-16(30-9)29-18(23,24)17(20,21)22/h2-4,6,26H,5,7H2,1H3,(H,27,28). The van der Waals surface area contributed by atoms with Gasteiger partial charge in [0.05, 0.1) is 23.5 Å². The first kappa shape index (κ1) is 22.2. The molecule has 0 radical (unpaired) electrons. The molecule has 1 aromatic carbocycles. The third-order valence-corrected chi connectivity index (χ3v) is 5.61. The minimum absolute atomic E-state index is 0.0168. The van der Waals surface area contributed by atoms with Gasteiger partial charge in [-0.2, -0.15) is 22.0 Å². The first-order valence-electron chi connectivity index (χ1n) is 8.24. The Hall–Kier alpha value is -2.53. The summed E-state index contributed by atoms with van der Waals surface area (Å²) in [5, 5.41) is 18.9. The molecule has 3 rings (SSSR count). The fraction of sp³-hybridized carbons (Fsp3) is 0.278. The number of halogens is 6. The normalized spacial score (nSPS) is 12.5. The Morgan fingerprint density at radius 1 is 1.23 bits per heavy atom. The van der Waals surface area contributed by atoms with Crippen molar-refractivity contribution in [1.29, 1.82) is 0 Å². The molecular weight excluding hydrogens is 457 g/mol. The van der Waals surface area contributed by atoms with Crippen LogP contribution in [-0.2, 0) is 17.8 Å². The molecule has 0 bridgehead atoms. The highest BCUT2D eigenvalue weighted by Crippen LogP contribution is 2.40. The van der Waals surface area contributed by atoms with Crippen LogP contribution in [0.5, 0.6) is 10.8 Å². The van der Waals surface area contributed by atoms with Gasteiger partial charge in [-0.05, 0) is 36.8 Å². The van der Waals surface area contributed by atoms with Gasteiger partial charge in [0.15, 0.2) is 5.06 Å². The molecule has 0 spiro atoms. The average molecular weight is 470 g/mol. The van der Waals surface area contributed by atoms with Crippen LogP contribution in [0.2, 0.25) is 5.02 Å². The first-order chi connectivity index (χ1) is 13.8. The van der Waals surface area contributed by atoms with Crippen LogP contribution in [0, 0.1) is 6.92 Å². The predicted octanol–water partition coefficient (Wildman–Crippen LogP) is 5.58. The van der Waals surface area contributed by atoms with Crippen LogP contribution in [0.25, 0.3) is 10.9 Å². The number of carboxylic acid groups (broad SMARTS) is 1. The van der Waals surface area contributed by atoms with Gasteiger partial charge in [0.25, 0.3) is 0 Å². The minimum Gasteiger partial charge on any atom is -0.506 e. The number of rotatable bonds is 6. The van der Waals surface area contributed by atoms with Gasteiger partial charge in [0.1, 0.15) is 5.75 Å². The molecule has 12 heteroatoms. The maximum absolute atomic E-state index is 13.1. The topological polar surface area (TPSA) is 71.7 Å². The second-order valence-corrected chi connectivity index (χ2v) is 7.92. The quantitative estimate of drug-likeness (QED) is 0.462. The van der Waals surface area contributed by atoms with Gasteiger partial charge in [0.2, 0.25) is 0 Å². The molecule has 2 N–H and O–H groups in total. The Balaban J connectivity index is 1.99. The van der Waals surface area contributed by atoms with Crippen LogP contribution >= 0.6 is 22.9 Å². The van der Waals surface area contributed by atoms with Crippen molar-refractivity contribution in [1.82, 2.24) is 4.57 Å². The van der Waals surface area contributed by atoms with Crippen LogP contribution in [0.3, 0.4) is 0 Å². The smallest absolute Gasteiger partial charge is 0.499 e. The number of alkyl halides is 5. The summed E-state index contributed by atoms with van der Waals surface area (Å²) in [6, 6.07) is 5.08. The van der Waals surface area contributed by atoms with Crippen molar-refractivity contribution >= 4 is 39.8 Å². The molecule has 2 aromatic heterocycles. The second-order valence-electron chi connectivity index (χ2n) is 6.38. The third kappa shape index (κ3) is 4.17. The lowest BCUT2D eigenvalue weighted by Crippen LogP contribution is -2.41. The number of fused-ring (bicyclic) bond motifs is 1. The largest absolute Gasteiger partial charge is 0.506 e. The summed E-state index contributed by atoms with van der Waals surface area (Å²) in [4.78, 5) is 11.6. The summed E-state index contributed by atoms with van der Waals surface area (Å²) in [5.41, 5.74) is 1.41. The summed E-state index contributed by atoms with van der Waals surface area (Å²) < 4.78 is 68.6. The SMILES string of the molecule is Cc1c(CC(=O)O)c2cc(O)c(Cl)cc2n1Cc1ccc(OC(F)(F)C(F)(F)F)s1. The number of benzene rings is 1. The highest BCUT2D eigenvalue weighted by molar-refractivity contribution is 7.13. The first-order valence-corrected chi connectivity index (χ1v) is 9.44. The molecule has 0 saturated heterocycles. The number of phenols is 1. The number of ether oxygens (including phenoxy) is 1. The fourth-order valence-corrected chi connectivity index (χ4v) is 4.00. The fourth-order valence-electron chi connectivity index (χ4n) is 2.97. The number of thiophene rings is 1. The van der Waals surface area contributed by atoms with Gasteiger partial charge >= 0.3 is 18.3 Å². The number of aromatic nitrogens is 1. The van der Waals surface area contributed by atoms with E-state index in [1.165, 1.54) is 18.2 Å². The van der Waals surface area contributed by atoms with Crippen LogP contribution in [0.4, 0.5) is 22.0 Å². The Labute approximate surface area is 174 Å². The molecule has 0 fully saturated rings. The third-order valence-electron chi connectivity index (χ3n) is 4.36. The number of aliphatic carboxylic acids is 1. The molecule has 0 atom stereocenters. The predicted molar refractivity (Wildman–Crippen MR) is 99.7 cm³/mol. The zero-order valence-electron chi connectivity index (χ0n) is 15.1. The number of nitrogens with zero attached hydrogens (tertiary/aromatic N) is 1. The molecule has 162 valence electrons. The summed E-state index contributed by atoms with van der Waals surface area (Å²) in [7, 11) is 0. The number of carbonyl (C=O) groups is 1. The Bertz CT molecular complexity index is 1120. The maximum Gasteiger partial charge on any atom is 0.499 e. The van der Waals surface area contributed by atoms with Gasteiger partial charge in [0, 0.05) is 16.0 Å². The van der Waals surface area contributed by atoms with Gasteiger partial charge < -0.3 is 19.5 Å². The highest BCUT2D eigenvalue weighted by atomic mass is 35.5. The number of aromatic hydroxyl groups is 1. The minimum atomic E-state index is -5.85. The van der Waals surface area contributed by atoms with E-state index in [9.17, 15) is 37.0 Å². The zero-order valence-corrected chi connectivity index (χ0v) is 16.6. The molecule has 0 amide bonds. The van der Waals surface area contributed by atoms with E-state index in [1.54, 1.807) is 11.5 Å². The number of carboxylic acids is 1. The molecule has 3 aromatic rings. The average Bonchev–Trinajstić information content (AvgIpc) is 3.13. The monoisotopic (exact) mass is 469 g/mol. The molecule has 0 aliphatic carbocycles. The van der Waals surface area contributed by atoms with E-state index in [-0.39, 0.29) is 23.7 Å². The van der Waals surface area contributed by atoms with Crippen molar-refractivity contribution in [3.8, 4) is 10.8 Å². The van der Waals surface area contributed by atoms with Crippen molar-refractivity contribution in [2.45, 2.75) is 32.2 Å². The van der Waals surface area contributed by atoms with Crippen LogP contribution in [0.15, 0.2) is 24.3 Å². The molecule has 0 saturated carbocycles. The Morgan fingerprint density at radius 2 is 1.90 bits per heavy atom. The lowest BCUT2D eigenvalue weighted by atomic mass is 10.1. The lowest BCUT2D eigenvalue weighted by molar-refractivity contribution is -0.359. The summed E-state index contributed by atoms with van der Waals surface area (Å²) in [5.74, 6) is -1.35. The van der Waals surface area contributed by atoms with Gasteiger partial charge in [-0.3, -0.25) is 4.79 Å². The van der Waals surface area contributed by atoms with E-state index >= 15 is 0 Å². The van der Waals surface area contributed by atoms with Crippen molar-refractivity contribution in [3.63, 3.8) is 0 Å². The molecule has 0 aliphatic rings. The lowest BCUT2D eigenvalue weighted by Gasteiger charge is -2.18. The van der Waals surface area contributed by atoms with Crippen molar-refractivity contribution in [2.75, 3.05) is 0 Å². The van der Waals surface area contributed by atoms with Crippen LogP contribution < -0.4 is 4.74 Å². The molecule has 30 heavy (non-hydrogen) atoms. The maximum atomic E-state index is 13.1. The molecule has 2 heterocycles. The number of hydrogen-bond acceptors (Lipinski definition) is 4. The number of phenolic OH excluding ortho intramolecular Hbond substituents is 1. The van der Waals surface area contributed by atoms with Crippen LogP contribution in [0.1, 0.15) is 16.1 Å². The molecule has 0 aliphatic heterocycles. The van der Waals surface area contributed by atoms with Crippen molar-refractivity contribution in [3.05, 3.63) is 45.4 Å². The summed E-state index contributed by atoms with van der Waals surface area (Å²) >= 11 is 6.56. The van der Waals surface area contributed by atoms with Crippen LogP contribution in [-0.4, -0.2) is 33.0 Å². The van der Waals surface area contributed by atoms with E-state index in [0.29, 0.717) is 38.4 Å². The Morgan fingerprint density at radius 3 is 2.50 bits per heavy atom. The summed E-state index contributed by atoms with van der Waals surface area (Å²) in [6.07, 6.45) is -11.5. The second kappa shape index (κ2) is 7.62. The molecular formula is C18H13ClF5NO4S. The molecule has 0 unspecified atom stereocenters. The number of hydrogen-bond donors (Lipinski definition) is 2. The van der Waals surface area contributed by atoms with Gasteiger partial charge in [-0.15, -0.1) is 11.3 Å². The zero-order chi connectivity index (χ0) is 22.4. The van der Waals surface area contributed by atoms with E-state index in [2.05, 4.69) is 4.74 Å². The van der Waals surface area contributed by atoms with Crippen molar-refractivity contribution in [2.24, 2.45) is 0 Å². The highest BCUT2D eigenvalue weighted by Gasteiger charge is 2.61.